The molecule has 1 heterocycles. The highest BCUT2D eigenvalue weighted by Gasteiger charge is 2.36. The molecule has 114 valence electrons. The van der Waals surface area contributed by atoms with E-state index in [-0.39, 0.29) is 0 Å². The van der Waals surface area contributed by atoms with E-state index in [1.165, 1.54) is 32.9 Å². The Labute approximate surface area is 136 Å². The normalized spacial score (nSPS) is 18.2. The summed E-state index contributed by atoms with van der Waals surface area (Å²) < 4.78 is 0. The van der Waals surface area contributed by atoms with Gasteiger partial charge in [0.2, 0.25) is 0 Å². The third kappa shape index (κ3) is 2.63. The van der Waals surface area contributed by atoms with Gasteiger partial charge in [0.15, 0.2) is 0 Å². The summed E-state index contributed by atoms with van der Waals surface area (Å²) in [4.78, 5) is 5.09. The molecule has 22 heavy (non-hydrogen) atoms. The number of fused-ring (bicyclic) bond motifs is 1. The fourth-order valence-corrected chi connectivity index (χ4v) is 5.43. The van der Waals surface area contributed by atoms with Gasteiger partial charge in [0.1, 0.15) is 8.07 Å². The van der Waals surface area contributed by atoms with E-state index in [1.54, 1.807) is 0 Å². The molecule has 1 aliphatic carbocycles. The van der Waals surface area contributed by atoms with Crippen molar-refractivity contribution in [3.63, 3.8) is 0 Å². The van der Waals surface area contributed by atoms with Crippen molar-refractivity contribution in [1.29, 1.82) is 0 Å². The van der Waals surface area contributed by atoms with Crippen LogP contribution in [0.5, 0.6) is 0 Å². The van der Waals surface area contributed by atoms with Crippen LogP contribution >= 0.6 is 0 Å². The molecule has 0 saturated carbocycles. The minimum atomic E-state index is -1.40. The molecule has 0 amide bonds. The molecule has 0 unspecified atom stereocenters. The zero-order chi connectivity index (χ0) is 16.1. The van der Waals surface area contributed by atoms with Crippen LogP contribution in [-0.2, 0) is 0 Å². The summed E-state index contributed by atoms with van der Waals surface area (Å²) in [5.74, 6) is 0. The van der Waals surface area contributed by atoms with Gasteiger partial charge in [-0.2, -0.15) is 0 Å². The predicted molar refractivity (Wildman–Crippen MR) is 104 cm³/mol. The first-order chi connectivity index (χ1) is 10.2. The Bertz CT molecular complexity index is 736. The molecule has 0 aromatic heterocycles. The monoisotopic (exact) mass is 323 g/mol. The summed E-state index contributed by atoms with van der Waals surface area (Å²) in [5.41, 5.74) is 5.31. The van der Waals surface area contributed by atoms with E-state index in [9.17, 15) is 0 Å². The fraction of sp³-hybridized carbons (Fsp3) is 0.316. The van der Waals surface area contributed by atoms with E-state index >= 15 is 0 Å². The van der Waals surface area contributed by atoms with E-state index in [0.29, 0.717) is 0 Å². The maximum absolute atomic E-state index is 5.09. The van der Waals surface area contributed by atoms with Crippen molar-refractivity contribution < 1.29 is 0 Å². The van der Waals surface area contributed by atoms with Crippen LogP contribution < -0.4 is 0 Å². The van der Waals surface area contributed by atoms with Crippen LogP contribution in [0.3, 0.4) is 0 Å². The molecule has 1 aromatic carbocycles. The van der Waals surface area contributed by atoms with Crippen LogP contribution in [0.4, 0.5) is 0 Å². The van der Waals surface area contributed by atoms with Crippen molar-refractivity contribution in [2.24, 2.45) is 4.99 Å². The lowest BCUT2D eigenvalue weighted by Gasteiger charge is -2.19. The summed E-state index contributed by atoms with van der Waals surface area (Å²) in [6.07, 6.45) is 4.78. The van der Waals surface area contributed by atoms with Gasteiger partial charge in [0, 0.05) is 10.9 Å². The topological polar surface area (TPSA) is 12.4 Å². The molecule has 2 aliphatic rings. The van der Waals surface area contributed by atoms with Crippen molar-refractivity contribution >= 4 is 27.4 Å². The third-order valence-corrected chi connectivity index (χ3v) is 8.05. The molecule has 1 nitrogen and oxygen atoms in total. The first-order valence-corrected chi connectivity index (χ1v) is 15.0. The molecule has 0 bridgehead atoms. The zero-order valence-corrected chi connectivity index (χ0v) is 16.5. The van der Waals surface area contributed by atoms with E-state index in [1.807, 2.05) is 0 Å². The van der Waals surface area contributed by atoms with Gasteiger partial charge in [-0.05, 0) is 22.4 Å². The second kappa shape index (κ2) is 5.03. The molecule has 0 spiro atoms. The van der Waals surface area contributed by atoms with Gasteiger partial charge in [0.25, 0.3) is 0 Å². The van der Waals surface area contributed by atoms with Gasteiger partial charge < -0.3 is 0 Å². The van der Waals surface area contributed by atoms with Crippen molar-refractivity contribution in [1.82, 2.24) is 0 Å². The van der Waals surface area contributed by atoms with E-state index in [2.05, 4.69) is 81.8 Å². The molecule has 3 heteroatoms. The van der Waals surface area contributed by atoms with Gasteiger partial charge in [-0.15, -0.1) is 0 Å². The van der Waals surface area contributed by atoms with E-state index < -0.39 is 16.1 Å². The lowest BCUT2D eigenvalue weighted by molar-refractivity contribution is 1.46. The first kappa shape index (κ1) is 15.4. The first-order valence-electron chi connectivity index (χ1n) is 8.01. The number of allylic oxidation sites excluding steroid dienone is 5. The van der Waals surface area contributed by atoms with Crippen LogP contribution in [0.2, 0.25) is 39.3 Å². The molecule has 0 fully saturated rings. The Morgan fingerprint density at radius 3 is 1.91 bits per heavy atom. The second-order valence-electron chi connectivity index (χ2n) is 8.24. The SMILES string of the molecule is C[Si](C)(C)C1=CC2=C(c3ccccc3)C=C([Si](C)(C)C)C2=N1. The Hall–Kier alpha value is -1.46. The average Bonchev–Trinajstić information content (AvgIpc) is 2.96. The van der Waals surface area contributed by atoms with Crippen molar-refractivity contribution in [3.05, 3.63) is 64.1 Å². The molecule has 0 N–H and O–H groups in total. The standard InChI is InChI=1S/C19H25NSi2/c1-21(2,3)17-12-15(14-10-8-7-9-11-14)16-13-18(20-19(16)17)22(4,5)6/h7-13H,1-6H3. The van der Waals surface area contributed by atoms with Gasteiger partial charge in [0.05, 0.1) is 13.8 Å². The van der Waals surface area contributed by atoms with Crippen molar-refractivity contribution in [3.8, 4) is 0 Å². The van der Waals surface area contributed by atoms with Crippen LogP contribution in [0.25, 0.3) is 5.57 Å². The van der Waals surface area contributed by atoms with Gasteiger partial charge >= 0.3 is 0 Å². The lowest BCUT2D eigenvalue weighted by Crippen LogP contribution is -2.28. The van der Waals surface area contributed by atoms with E-state index in [4.69, 9.17) is 4.99 Å². The second-order valence-corrected chi connectivity index (χ2v) is 18.3. The summed E-state index contributed by atoms with van der Waals surface area (Å²) in [6.45, 7) is 14.4. The van der Waals surface area contributed by atoms with Crippen molar-refractivity contribution in [2.75, 3.05) is 0 Å². The Morgan fingerprint density at radius 1 is 0.727 bits per heavy atom. The Balaban J connectivity index is 2.18. The van der Waals surface area contributed by atoms with Gasteiger partial charge in [-0.1, -0.05) is 75.7 Å². The average molecular weight is 324 g/mol. The molecule has 0 radical (unpaired) electrons. The maximum Gasteiger partial charge on any atom is 0.101 e. The van der Waals surface area contributed by atoms with Gasteiger partial charge in [-0.3, -0.25) is 4.99 Å². The predicted octanol–water partition coefficient (Wildman–Crippen LogP) is 5.47. The van der Waals surface area contributed by atoms with Crippen molar-refractivity contribution in [2.45, 2.75) is 39.3 Å². The molecular formula is C19H25NSi2. The van der Waals surface area contributed by atoms with Crippen LogP contribution in [0, 0.1) is 0 Å². The summed E-state index contributed by atoms with van der Waals surface area (Å²) in [7, 11) is -2.78. The Kier molecular flexibility index (Phi) is 3.53. The summed E-state index contributed by atoms with van der Waals surface area (Å²) in [6, 6.07) is 10.8. The zero-order valence-electron chi connectivity index (χ0n) is 14.5. The highest BCUT2D eigenvalue weighted by atomic mass is 28.3. The molecule has 0 atom stereocenters. The molecule has 0 saturated heterocycles. The smallest absolute Gasteiger partial charge is 0.101 e. The number of benzene rings is 1. The molecule has 1 aromatic rings. The highest BCUT2D eigenvalue weighted by Crippen LogP contribution is 2.40. The summed E-state index contributed by atoms with van der Waals surface area (Å²) >= 11 is 0. The third-order valence-electron chi connectivity index (χ3n) is 4.26. The number of aliphatic imine (C=N–C) groups is 1. The summed E-state index contributed by atoms with van der Waals surface area (Å²) in [5, 5.41) is 2.85. The minimum absolute atomic E-state index is 1.27. The van der Waals surface area contributed by atoms with Crippen LogP contribution in [-0.4, -0.2) is 21.9 Å². The number of nitrogens with zero attached hydrogens (tertiary/aromatic N) is 1. The maximum atomic E-state index is 5.09. The number of hydrogen-bond donors (Lipinski definition) is 0. The highest BCUT2D eigenvalue weighted by molar-refractivity contribution is 6.89. The van der Waals surface area contributed by atoms with Crippen LogP contribution in [0.1, 0.15) is 5.56 Å². The fourth-order valence-electron chi connectivity index (χ4n) is 2.93. The lowest BCUT2D eigenvalue weighted by atomic mass is 10.0. The molecule has 1 aliphatic heterocycles. The number of rotatable bonds is 3. The largest absolute Gasteiger partial charge is 0.258 e. The minimum Gasteiger partial charge on any atom is -0.258 e. The van der Waals surface area contributed by atoms with Gasteiger partial charge in [-0.25, -0.2) is 0 Å². The number of hydrogen-bond acceptors (Lipinski definition) is 1. The quantitative estimate of drug-likeness (QED) is 0.654. The van der Waals surface area contributed by atoms with Crippen LogP contribution in [0.15, 0.2) is 63.6 Å². The van der Waals surface area contributed by atoms with E-state index in [0.717, 1.165) is 0 Å². The molecular weight excluding hydrogens is 298 g/mol. The molecule has 3 rings (SSSR count). The Morgan fingerprint density at radius 2 is 1.36 bits per heavy atom.